The van der Waals surface area contributed by atoms with Gasteiger partial charge in [0.05, 0.1) is 28.9 Å². The molecule has 11 nitrogen and oxygen atoms in total. The number of anilines is 2. The van der Waals surface area contributed by atoms with Gasteiger partial charge in [-0.05, 0) is 86.4 Å². The summed E-state index contributed by atoms with van der Waals surface area (Å²) in [6.07, 6.45) is 6.41. The zero-order valence-electron chi connectivity index (χ0n) is 31.7. The van der Waals surface area contributed by atoms with Crippen molar-refractivity contribution in [1.82, 2.24) is 25.3 Å². The summed E-state index contributed by atoms with van der Waals surface area (Å²) in [7, 11) is 0. The molecule has 286 valence electrons. The maximum absolute atomic E-state index is 14.7. The second-order valence-corrected chi connectivity index (χ2v) is 15.9. The topological polar surface area (TPSA) is 122 Å². The van der Waals surface area contributed by atoms with Gasteiger partial charge in [0, 0.05) is 76.6 Å². The molecule has 3 amide bonds. The SMILES string of the molecule is Cc1cccc(C2(C(=O)N3CCN(CC4CCN(c5ccc([C@@H]6CCC(=O)NC6=O)cc5)CC4)CC3)CCN(c3cnnc(-c4ccccc4O)c3)CC2)c1. The van der Waals surface area contributed by atoms with E-state index in [2.05, 4.69) is 78.4 Å². The average molecular weight is 742 g/mol. The van der Waals surface area contributed by atoms with Crippen LogP contribution in [0, 0.1) is 12.8 Å². The second-order valence-electron chi connectivity index (χ2n) is 15.9. The van der Waals surface area contributed by atoms with E-state index in [1.165, 1.54) is 5.69 Å². The van der Waals surface area contributed by atoms with E-state index in [1.807, 2.05) is 30.3 Å². The van der Waals surface area contributed by atoms with Gasteiger partial charge in [0.2, 0.25) is 17.7 Å². The number of aromatic nitrogens is 2. The fraction of sp³-hybridized carbons (Fsp3) is 0.432. The van der Waals surface area contributed by atoms with Crippen molar-refractivity contribution in [1.29, 1.82) is 0 Å². The fourth-order valence-corrected chi connectivity index (χ4v) is 9.17. The molecule has 55 heavy (non-hydrogen) atoms. The number of hydrogen-bond acceptors (Lipinski definition) is 9. The van der Waals surface area contributed by atoms with Gasteiger partial charge in [-0.25, -0.2) is 0 Å². The molecule has 0 aliphatic carbocycles. The van der Waals surface area contributed by atoms with Crippen molar-refractivity contribution in [3.63, 3.8) is 0 Å². The summed E-state index contributed by atoms with van der Waals surface area (Å²) < 4.78 is 0. The Labute approximate surface area is 323 Å². The number of benzene rings is 3. The molecule has 4 aliphatic heterocycles. The quantitative estimate of drug-likeness (QED) is 0.233. The molecule has 0 spiro atoms. The maximum atomic E-state index is 14.7. The maximum Gasteiger partial charge on any atom is 0.234 e. The molecular formula is C44H51N7O4. The van der Waals surface area contributed by atoms with E-state index in [0.717, 1.165) is 81.0 Å². The molecule has 1 aromatic heterocycles. The van der Waals surface area contributed by atoms with Crippen molar-refractivity contribution in [2.45, 2.75) is 56.8 Å². The number of phenols is 1. The number of carbonyl (C=O) groups is 3. The molecule has 2 N–H and O–H groups in total. The first-order chi connectivity index (χ1) is 26.8. The van der Waals surface area contributed by atoms with Crippen LogP contribution in [0.4, 0.5) is 11.4 Å². The number of para-hydroxylation sites is 1. The Morgan fingerprint density at radius 3 is 2.25 bits per heavy atom. The van der Waals surface area contributed by atoms with Crippen LogP contribution in [0.5, 0.6) is 5.75 Å². The molecule has 0 saturated carbocycles. The lowest BCUT2D eigenvalue weighted by Crippen LogP contribution is -2.58. The van der Waals surface area contributed by atoms with Crippen LogP contribution < -0.4 is 15.1 Å². The first-order valence-corrected chi connectivity index (χ1v) is 19.9. The van der Waals surface area contributed by atoms with Gasteiger partial charge in [0.1, 0.15) is 5.75 Å². The minimum atomic E-state index is -0.585. The normalized spacial score (nSPS) is 21.0. The van der Waals surface area contributed by atoms with E-state index in [-0.39, 0.29) is 29.4 Å². The summed E-state index contributed by atoms with van der Waals surface area (Å²) in [5.41, 5.74) is 6.07. The molecule has 4 saturated heterocycles. The summed E-state index contributed by atoms with van der Waals surface area (Å²) in [6.45, 7) is 9.87. The zero-order valence-corrected chi connectivity index (χ0v) is 31.7. The molecule has 4 aromatic rings. The highest BCUT2D eigenvalue weighted by molar-refractivity contribution is 6.01. The Morgan fingerprint density at radius 2 is 1.55 bits per heavy atom. The molecule has 4 fully saturated rings. The van der Waals surface area contributed by atoms with Crippen LogP contribution in [0.25, 0.3) is 11.3 Å². The largest absolute Gasteiger partial charge is 0.507 e. The third-order valence-corrected chi connectivity index (χ3v) is 12.5. The zero-order chi connectivity index (χ0) is 37.9. The van der Waals surface area contributed by atoms with Crippen LogP contribution >= 0.6 is 0 Å². The van der Waals surface area contributed by atoms with Crippen molar-refractivity contribution < 1.29 is 19.5 Å². The molecule has 0 radical (unpaired) electrons. The Balaban J connectivity index is 0.860. The average Bonchev–Trinajstić information content (AvgIpc) is 3.21. The van der Waals surface area contributed by atoms with Crippen LogP contribution in [0.3, 0.4) is 0 Å². The number of amides is 3. The number of imide groups is 1. The summed E-state index contributed by atoms with van der Waals surface area (Å²) in [6, 6.07) is 26.0. The molecule has 3 aromatic carbocycles. The number of phenolic OH excluding ortho intramolecular Hbond substituents is 1. The van der Waals surface area contributed by atoms with Gasteiger partial charge in [-0.1, -0.05) is 54.1 Å². The molecule has 1 atom stereocenters. The van der Waals surface area contributed by atoms with Crippen LogP contribution in [-0.4, -0.2) is 102 Å². The molecule has 5 heterocycles. The van der Waals surface area contributed by atoms with Gasteiger partial charge in [0.15, 0.2) is 0 Å². The van der Waals surface area contributed by atoms with Gasteiger partial charge >= 0.3 is 0 Å². The fourth-order valence-electron chi connectivity index (χ4n) is 9.17. The number of nitrogens with zero attached hydrogens (tertiary/aromatic N) is 6. The van der Waals surface area contributed by atoms with E-state index >= 15 is 0 Å². The summed E-state index contributed by atoms with van der Waals surface area (Å²) in [4.78, 5) is 48.0. The van der Waals surface area contributed by atoms with Gasteiger partial charge in [-0.3, -0.25) is 24.6 Å². The standard InChI is InChI=1S/C44H51N7O4/c1-31-5-4-6-34(27-31)44(17-21-50(22-18-44)36-28-39(47-45-29-36)38-7-2-3-8-40(38)52)43(55)51-25-23-48(24-26-51)30-32-15-19-49(20-16-32)35-11-9-33(10-12-35)37-13-14-41(53)46-42(37)54/h2-12,27-29,32,37,52H,13-26,30H2,1H3,(H,46,53,54)/t37-/m0/s1. The number of aromatic hydroxyl groups is 1. The lowest BCUT2D eigenvalue weighted by molar-refractivity contribution is -0.140. The molecule has 0 unspecified atom stereocenters. The smallest absolute Gasteiger partial charge is 0.234 e. The van der Waals surface area contributed by atoms with Crippen molar-refractivity contribution in [2.24, 2.45) is 5.92 Å². The van der Waals surface area contributed by atoms with Gasteiger partial charge < -0.3 is 19.8 Å². The van der Waals surface area contributed by atoms with Crippen LogP contribution in [-0.2, 0) is 19.8 Å². The minimum Gasteiger partial charge on any atom is -0.507 e. The first kappa shape index (κ1) is 36.7. The van der Waals surface area contributed by atoms with Crippen molar-refractivity contribution >= 4 is 29.1 Å². The van der Waals surface area contributed by atoms with Crippen molar-refractivity contribution in [3.05, 3.63) is 102 Å². The lowest BCUT2D eigenvalue weighted by atomic mass is 9.71. The van der Waals surface area contributed by atoms with E-state index in [0.29, 0.717) is 55.9 Å². The van der Waals surface area contributed by atoms with Crippen LogP contribution in [0.2, 0.25) is 0 Å². The molecule has 4 aliphatic rings. The monoisotopic (exact) mass is 741 g/mol. The summed E-state index contributed by atoms with van der Waals surface area (Å²) in [5.74, 6) is 0.418. The Morgan fingerprint density at radius 1 is 0.818 bits per heavy atom. The number of piperazine rings is 1. The molecule has 11 heteroatoms. The van der Waals surface area contributed by atoms with Gasteiger partial charge in [-0.15, -0.1) is 0 Å². The highest BCUT2D eigenvalue weighted by Gasteiger charge is 2.46. The predicted molar refractivity (Wildman–Crippen MR) is 213 cm³/mol. The van der Waals surface area contributed by atoms with E-state index in [4.69, 9.17) is 0 Å². The summed E-state index contributed by atoms with van der Waals surface area (Å²) in [5, 5.41) is 21.5. The third-order valence-electron chi connectivity index (χ3n) is 12.5. The molecular weight excluding hydrogens is 691 g/mol. The lowest BCUT2D eigenvalue weighted by Gasteiger charge is -2.46. The highest BCUT2D eigenvalue weighted by atomic mass is 16.3. The van der Waals surface area contributed by atoms with Crippen LogP contribution in [0.15, 0.2) is 85.1 Å². The van der Waals surface area contributed by atoms with Gasteiger partial charge in [-0.2, -0.15) is 10.2 Å². The highest BCUT2D eigenvalue weighted by Crippen LogP contribution is 2.40. The third kappa shape index (κ3) is 7.80. The van der Waals surface area contributed by atoms with Crippen molar-refractivity contribution in [3.8, 4) is 17.0 Å². The number of piperidine rings is 3. The first-order valence-electron chi connectivity index (χ1n) is 19.9. The predicted octanol–water partition coefficient (Wildman–Crippen LogP) is 5.28. The second kappa shape index (κ2) is 15.8. The van der Waals surface area contributed by atoms with Gasteiger partial charge in [0.25, 0.3) is 0 Å². The summed E-state index contributed by atoms with van der Waals surface area (Å²) >= 11 is 0. The van der Waals surface area contributed by atoms with E-state index in [9.17, 15) is 19.5 Å². The minimum absolute atomic E-state index is 0.176. The number of rotatable bonds is 8. The Hall–Kier alpha value is -5.29. The number of nitrogens with one attached hydrogen (secondary N) is 1. The van der Waals surface area contributed by atoms with E-state index < -0.39 is 5.41 Å². The van der Waals surface area contributed by atoms with Crippen LogP contribution in [0.1, 0.15) is 61.1 Å². The van der Waals surface area contributed by atoms with E-state index in [1.54, 1.807) is 18.3 Å². The number of carbonyl (C=O) groups excluding carboxylic acids is 3. The Bertz CT molecular complexity index is 2010. The number of aryl methyl sites for hydroxylation is 1. The molecule has 8 rings (SSSR count). The molecule has 0 bridgehead atoms. The van der Waals surface area contributed by atoms with Crippen molar-refractivity contribution in [2.75, 3.05) is 68.7 Å². The number of hydrogen-bond donors (Lipinski definition) is 2. The Kier molecular flexibility index (Phi) is 10.6.